The summed E-state index contributed by atoms with van der Waals surface area (Å²) in [7, 11) is 1.79. The molecule has 2 atom stereocenters. The summed E-state index contributed by atoms with van der Waals surface area (Å²) in [6, 6.07) is 7.08. The third-order valence-corrected chi connectivity index (χ3v) is 4.44. The highest BCUT2D eigenvalue weighted by Crippen LogP contribution is 2.24. The van der Waals surface area contributed by atoms with E-state index >= 15 is 0 Å². The SMILES string of the molecule is CC(=O)NCCC(=O)N(C)CCCC1CC(c2ccc(F)cc2)NN1. The number of nitrogens with zero attached hydrogens (tertiary/aromatic N) is 1. The van der Waals surface area contributed by atoms with Gasteiger partial charge in [-0.05, 0) is 37.0 Å². The average Bonchev–Trinajstić information content (AvgIpc) is 3.03. The minimum absolute atomic E-state index is 0.0374. The van der Waals surface area contributed by atoms with Crippen molar-refractivity contribution in [1.82, 2.24) is 21.1 Å². The smallest absolute Gasteiger partial charge is 0.224 e. The van der Waals surface area contributed by atoms with Crippen molar-refractivity contribution >= 4 is 11.8 Å². The average molecular weight is 350 g/mol. The van der Waals surface area contributed by atoms with Gasteiger partial charge < -0.3 is 10.2 Å². The third kappa shape index (κ3) is 6.43. The molecule has 3 N–H and O–H groups in total. The van der Waals surface area contributed by atoms with Crippen molar-refractivity contribution in [3.8, 4) is 0 Å². The zero-order valence-electron chi connectivity index (χ0n) is 14.8. The van der Waals surface area contributed by atoms with Gasteiger partial charge in [-0.25, -0.2) is 4.39 Å². The van der Waals surface area contributed by atoms with E-state index in [9.17, 15) is 14.0 Å². The van der Waals surface area contributed by atoms with E-state index in [1.807, 2.05) is 0 Å². The lowest BCUT2D eigenvalue weighted by atomic mass is 9.99. The standard InChI is InChI=1S/C18H27FN4O2/c1-13(24)20-10-9-18(25)23(2)11-3-4-16-12-17(22-21-16)14-5-7-15(19)8-6-14/h5-8,16-17,21-22H,3-4,9-12H2,1-2H3,(H,20,24). The van der Waals surface area contributed by atoms with Crippen LogP contribution in [0.15, 0.2) is 24.3 Å². The molecule has 1 aliphatic rings. The fourth-order valence-electron chi connectivity index (χ4n) is 2.96. The number of benzene rings is 1. The van der Waals surface area contributed by atoms with Crippen LogP contribution < -0.4 is 16.2 Å². The molecule has 1 aromatic carbocycles. The van der Waals surface area contributed by atoms with Crippen molar-refractivity contribution < 1.29 is 14.0 Å². The molecule has 2 rings (SSSR count). The number of nitrogens with one attached hydrogen (secondary N) is 3. The molecule has 7 heteroatoms. The molecule has 0 aliphatic carbocycles. The van der Waals surface area contributed by atoms with Crippen molar-refractivity contribution in [2.75, 3.05) is 20.1 Å². The van der Waals surface area contributed by atoms with Gasteiger partial charge in [0.1, 0.15) is 5.82 Å². The summed E-state index contributed by atoms with van der Waals surface area (Å²) in [5.74, 6) is -0.307. The van der Waals surface area contributed by atoms with Crippen LogP contribution in [0.3, 0.4) is 0 Å². The Labute approximate surface area is 148 Å². The van der Waals surface area contributed by atoms with Gasteiger partial charge in [0.15, 0.2) is 0 Å². The van der Waals surface area contributed by atoms with Gasteiger partial charge in [0.25, 0.3) is 0 Å². The van der Waals surface area contributed by atoms with E-state index < -0.39 is 0 Å². The van der Waals surface area contributed by atoms with Crippen LogP contribution >= 0.6 is 0 Å². The van der Waals surface area contributed by atoms with Crippen molar-refractivity contribution in [1.29, 1.82) is 0 Å². The number of hydrogen-bond acceptors (Lipinski definition) is 4. The topological polar surface area (TPSA) is 73.5 Å². The molecule has 0 spiro atoms. The quantitative estimate of drug-likeness (QED) is 0.664. The molecule has 1 heterocycles. The Kier molecular flexibility index (Phi) is 7.33. The van der Waals surface area contributed by atoms with Gasteiger partial charge in [0.2, 0.25) is 11.8 Å². The maximum Gasteiger partial charge on any atom is 0.224 e. The summed E-state index contributed by atoms with van der Waals surface area (Å²) in [6.07, 6.45) is 3.11. The van der Waals surface area contributed by atoms with Gasteiger partial charge in [0.05, 0.1) is 0 Å². The molecule has 0 aromatic heterocycles. The van der Waals surface area contributed by atoms with E-state index in [2.05, 4.69) is 16.2 Å². The highest BCUT2D eigenvalue weighted by atomic mass is 19.1. The van der Waals surface area contributed by atoms with Gasteiger partial charge in [-0.15, -0.1) is 0 Å². The predicted molar refractivity (Wildman–Crippen MR) is 94.0 cm³/mol. The highest BCUT2D eigenvalue weighted by molar-refractivity contribution is 5.77. The molecule has 138 valence electrons. The molecule has 25 heavy (non-hydrogen) atoms. The molecule has 2 unspecified atom stereocenters. The molecule has 0 radical (unpaired) electrons. The molecule has 6 nitrogen and oxygen atoms in total. The van der Waals surface area contributed by atoms with Crippen molar-refractivity contribution in [3.05, 3.63) is 35.6 Å². The summed E-state index contributed by atoms with van der Waals surface area (Å²) >= 11 is 0. The summed E-state index contributed by atoms with van der Waals surface area (Å²) in [5.41, 5.74) is 7.59. The Morgan fingerprint density at radius 3 is 2.68 bits per heavy atom. The first-order valence-electron chi connectivity index (χ1n) is 8.70. The van der Waals surface area contributed by atoms with Gasteiger partial charge in [-0.1, -0.05) is 12.1 Å². The van der Waals surface area contributed by atoms with E-state index in [1.54, 1.807) is 24.1 Å². The first kappa shape index (κ1) is 19.3. The molecule has 0 saturated carbocycles. The van der Waals surface area contributed by atoms with Crippen LogP contribution in [0.4, 0.5) is 4.39 Å². The second-order valence-corrected chi connectivity index (χ2v) is 6.52. The van der Waals surface area contributed by atoms with Crippen LogP contribution in [0.5, 0.6) is 0 Å². The fraction of sp³-hybridized carbons (Fsp3) is 0.556. The van der Waals surface area contributed by atoms with Crippen LogP contribution in [0.1, 0.15) is 44.2 Å². The zero-order chi connectivity index (χ0) is 18.2. The summed E-state index contributed by atoms with van der Waals surface area (Å²) in [5, 5.41) is 2.63. The molecule has 1 aromatic rings. The van der Waals surface area contributed by atoms with Gasteiger partial charge in [-0.3, -0.25) is 20.4 Å². The number of carbonyl (C=O) groups is 2. The minimum atomic E-state index is -0.225. The lowest BCUT2D eigenvalue weighted by Gasteiger charge is -2.18. The van der Waals surface area contributed by atoms with Crippen molar-refractivity contribution in [3.63, 3.8) is 0 Å². The summed E-state index contributed by atoms with van der Waals surface area (Å²) in [6.45, 7) is 2.51. The molecule has 1 aliphatic heterocycles. The van der Waals surface area contributed by atoms with Crippen molar-refractivity contribution in [2.24, 2.45) is 0 Å². The van der Waals surface area contributed by atoms with E-state index in [4.69, 9.17) is 0 Å². The minimum Gasteiger partial charge on any atom is -0.356 e. The van der Waals surface area contributed by atoms with Crippen LogP contribution in [0, 0.1) is 5.82 Å². The lowest BCUT2D eigenvalue weighted by molar-refractivity contribution is -0.130. The van der Waals surface area contributed by atoms with E-state index in [0.29, 0.717) is 25.6 Å². The number of amides is 2. The lowest BCUT2D eigenvalue weighted by Crippen LogP contribution is -2.33. The van der Waals surface area contributed by atoms with E-state index in [1.165, 1.54) is 19.1 Å². The molecular formula is C18H27FN4O2. The number of carbonyl (C=O) groups excluding carboxylic acids is 2. The van der Waals surface area contributed by atoms with Crippen LogP contribution in [-0.4, -0.2) is 42.9 Å². The predicted octanol–water partition coefficient (Wildman–Crippen LogP) is 1.50. The maximum atomic E-state index is 13.0. The first-order chi connectivity index (χ1) is 12.0. The molecule has 0 bridgehead atoms. The highest BCUT2D eigenvalue weighted by Gasteiger charge is 2.24. The van der Waals surface area contributed by atoms with Crippen LogP contribution in [0.25, 0.3) is 0 Å². The Bertz CT molecular complexity index is 579. The van der Waals surface area contributed by atoms with Crippen molar-refractivity contribution in [2.45, 2.75) is 44.7 Å². The zero-order valence-corrected chi connectivity index (χ0v) is 14.8. The Balaban J connectivity index is 1.64. The number of rotatable bonds is 8. The normalized spacial score (nSPS) is 19.6. The number of hydrazine groups is 1. The largest absolute Gasteiger partial charge is 0.356 e. The third-order valence-electron chi connectivity index (χ3n) is 4.44. The second-order valence-electron chi connectivity index (χ2n) is 6.52. The van der Waals surface area contributed by atoms with E-state index in [0.717, 1.165) is 24.8 Å². The summed E-state index contributed by atoms with van der Waals surface area (Å²) in [4.78, 5) is 24.4. The monoisotopic (exact) mass is 350 g/mol. The maximum absolute atomic E-state index is 13.0. The van der Waals surface area contributed by atoms with Gasteiger partial charge in [0, 0.05) is 45.6 Å². The van der Waals surface area contributed by atoms with E-state index in [-0.39, 0.29) is 23.7 Å². The molecular weight excluding hydrogens is 323 g/mol. The van der Waals surface area contributed by atoms with Gasteiger partial charge >= 0.3 is 0 Å². The van der Waals surface area contributed by atoms with Crippen LogP contribution in [0.2, 0.25) is 0 Å². The second kappa shape index (κ2) is 9.48. The molecule has 1 saturated heterocycles. The fourth-order valence-corrected chi connectivity index (χ4v) is 2.96. The summed E-state index contributed by atoms with van der Waals surface area (Å²) < 4.78 is 13.0. The number of halogens is 1. The van der Waals surface area contributed by atoms with Gasteiger partial charge in [-0.2, -0.15) is 0 Å². The molecule has 1 fully saturated rings. The Hall–Kier alpha value is -1.99. The first-order valence-corrected chi connectivity index (χ1v) is 8.70. The Morgan fingerprint density at radius 2 is 2.00 bits per heavy atom. The molecule has 2 amide bonds. The Morgan fingerprint density at radius 1 is 1.28 bits per heavy atom. The number of hydrogen-bond donors (Lipinski definition) is 3. The van der Waals surface area contributed by atoms with Crippen LogP contribution in [-0.2, 0) is 9.59 Å².